The minimum atomic E-state index is -3.27. The molecule has 1 aromatic carbocycles. The van der Waals surface area contributed by atoms with Crippen LogP contribution in [-0.2, 0) is 9.84 Å². The van der Waals surface area contributed by atoms with Crippen molar-refractivity contribution in [2.24, 2.45) is 0 Å². The van der Waals surface area contributed by atoms with Gasteiger partial charge in [-0.3, -0.25) is 0 Å². The maximum absolute atomic E-state index is 11.7. The predicted octanol–water partition coefficient (Wildman–Crippen LogP) is 3.51. The molecule has 4 nitrogen and oxygen atoms in total. The third-order valence-electron chi connectivity index (χ3n) is 2.88. The minimum Gasteiger partial charge on any atom is -0.230 e. The summed E-state index contributed by atoms with van der Waals surface area (Å²) in [7, 11) is -3.27. The molecule has 0 radical (unpaired) electrons. The Balaban J connectivity index is 2.63. The second-order valence-electron chi connectivity index (χ2n) is 4.37. The van der Waals surface area contributed by atoms with Gasteiger partial charge in [0.2, 0.25) is 0 Å². The van der Waals surface area contributed by atoms with E-state index in [1.165, 1.54) is 0 Å². The van der Waals surface area contributed by atoms with Crippen LogP contribution < -0.4 is 0 Å². The van der Waals surface area contributed by atoms with E-state index in [2.05, 4.69) is 32.6 Å². The van der Waals surface area contributed by atoms with Crippen molar-refractivity contribution in [2.45, 2.75) is 12.2 Å². The molecule has 2 rings (SSSR count). The van der Waals surface area contributed by atoms with E-state index < -0.39 is 15.1 Å². The standard InChI is InChI=1S/C13H12ClIN2O2S/c1-8(20(2,18)19)13-16-11(10(15)12(14)17-13)9-6-4-3-5-7-9/h3-8H,1-2H3. The molecule has 0 aliphatic heterocycles. The fourth-order valence-corrected chi connectivity index (χ4v) is 2.81. The molecule has 1 aromatic heterocycles. The Morgan fingerprint density at radius 2 is 1.80 bits per heavy atom. The smallest absolute Gasteiger partial charge is 0.157 e. The Morgan fingerprint density at radius 1 is 1.20 bits per heavy atom. The van der Waals surface area contributed by atoms with E-state index in [4.69, 9.17) is 11.6 Å². The molecule has 0 saturated carbocycles. The number of benzene rings is 1. The first-order valence-corrected chi connectivity index (χ1v) is 9.19. The molecule has 1 atom stereocenters. The van der Waals surface area contributed by atoms with Gasteiger partial charge in [-0.05, 0) is 29.5 Å². The first-order valence-electron chi connectivity index (χ1n) is 5.78. The quantitative estimate of drug-likeness (QED) is 0.561. The van der Waals surface area contributed by atoms with Crippen LogP contribution in [0.3, 0.4) is 0 Å². The highest BCUT2D eigenvalue weighted by Crippen LogP contribution is 2.30. The molecule has 2 aromatic rings. The van der Waals surface area contributed by atoms with Gasteiger partial charge >= 0.3 is 0 Å². The van der Waals surface area contributed by atoms with Crippen LogP contribution in [0, 0.1) is 3.57 Å². The van der Waals surface area contributed by atoms with Crippen LogP contribution in [0.1, 0.15) is 18.0 Å². The van der Waals surface area contributed by atoms with Gasteiger partial charge in [0.05, 0.1) is 9.26 Å². The lowest BCUT2D eigenvalue weighted by atomic mass is 10.1. The molecule has 0 bridgehead atoms. The van der Waals surface area contributed by atoms with E-state index in [9.17, 15) is 8.42 Å². The summed E-state index contributed by atoms with van der Waals surface area (Å²) in [6, 6.07) is 9.48. The zero-order chi connectivity index (χ0) is 14.9. The van der Waals surface area contributed by atoms with Gasteiger partial charge in [0.15, 0.2) is 9.84 Å². The summed E-state index contributed by atoms with van der Waals surface area (Å²) in [6.07, 6.45) is 1.16. The number of sulfone groups is 1. The fourth-order valence-electron chi connectivity index (χ4n) is 1.60. The Hall–Kier alpha value is -0.730. The van der Waals surface area contributed by atoms with Crippen molar-refractivity contribution < 1.29 is 8.42 Å². The number of hydrogen-bond donors (Lipinski definition) is 0. The van der Waals surface area contributed by atoms with Crippen LogP contribution in [0.5, 0.6) is 0 Å². The lowest BCUT2D eigenvalue weighted by Crippen LogP contribution is -2.12. The maximum atomic E-state index is 11.7. The lowest BCUT2D eigenvalue weighted by molar-refractivity contribution is 0.589. The molecule has 1 unspecified atom stereocenters. The van der Waals surface area contributed by atoms with Crippen LogP contribution in [0.2, 0.25) is 5.15 Å². The van der Waals surface area contributed by atoms with Crippen molar-refractivity contribution >= 4 is 44.0 Å². The van der Waals surface area contributed by atoms with Gasteiger partial charge in [-0.1, -0.05) is 41.9 Å². The van der Waals surface area contributed by atoms with Crippen molar-refractivity contribution in [3.63, 3.8) is 0 Å². The summed E-state index contributed by atoms with van der Waals surface area (Å²) >= 11 is 8.17. The summed E-state index contributed by atoms with van der Waals surface area (Å²) in [4.78, 5) is 8.48. The normalized spacial score (nSPS) is 13.2. The Morgan fingerprint density at radius 3 is 2.35 bits per heavy atom. The zero-order valence-corrected chi connectivity index (χ0v) is 14.6. The Kier molecular flexibility index (Phi) is 4.66. The van der Waals surface area contributed by atoms with Crippen LogP contribution in [-0.4, -0.2) is 24.6 Å². The molecule has 106 valence electrons. The van der Waals surface area contributed by atoms with Crippen LogP contribution >= 0.6 is 34.2 Å². The first kappa shape index (κ1) is 15.7. The number of nitrogens with zero attached hydrogens (tertiary/aromatic N) is 2. The van der Waals surface area contributed by atoms with E-state index in [0.717, 1.165) is 11.8 Å². The average molecular weight is 423 g/mol. The highest BCUT2D eigenvalue weighted by molar-refractivity contribution is 14.1. The fraction of sp³-hybridized carbons (Fsp3) is 0.231. The molecule has 0 amide bonds. The van der Waals surface area contributed by atoms with Gasteiger partial charge in [0, 0.05) is 11.8 Å². The monoisotopic (exact) mass is 422 g/mol. The molecule has 0 fully saturated rings. The van der Waals surface area contributed by atoms with Crippen molar-refractivity contribution in [1.82, 2.24) is 9.97 Å². The summed E-state index contributed by atoms with van der Waals surface area (Å²) in [5.41, 5.74) is 1.53. The van der Waals surface area contributed by atoms with Gasteiger partial charge < -0.3 is 0 Å². The van der Waals surface area contributed by atoms with Gasteiger partial charge in [-0.2, -0.15) is 0 Å². The molecular weight excluding hydrogens is 411 g/mol. The maximum Gasteiger partial charge on any atom is 0.157 e. The van der Waals surface area contributed by atoms with Crippen LogP contribution in [0.25, 0.3) is 11.3 Å². The molecule has 20 heavy (non-hydrogen) atoms. The van der Waals surface area contributed by atoms with Gasteiger partial charge in [-0.15, -0.1) is 0 Å². The minimum absolute atomic E-state index is 0.219. The average Bonchev–Trinajstić information content (AvgIpc) is 2.41. The second-order valence-corrected chi connectivity index (χ2v) is 8.18. The predicted molar refractivity (Wildman–Crippen MR) is 88.5 cm³/mol. The van der Waals surface area contributed by atoms with Crippen LogP contribution in [0.15, 0.2) is 30.3 Å². The van der Waals surface area contributed by atoms with E-state index in [1.54, 1.807) is 6.92 Å². The van der Waals surface area contributed by atoms with Crippen molar-refractivity contribution in [2.75, 3.05) is 6.26 Å². The first-order chi connectivity index (χ1) is 9.30. The summed E-state index contributed by atoms with van der Waals surface area (Å²) in [6.45, 7) is 1.56. The SMILES string of the molecule is CC(c1nc(Cl)c(I)c(-c2ccccc2)n1)S(C)(=O)=O. The van der Waals surface area contributed by atoms with Crippen LogP contribution in [0.4, 0.5) is 0 Å². The number of aromatic nitrogens is 2. The van der Waals surface area contributed by atoms with E-state index in [-0.39, 0.29) is 11.0 Å². The zero-order valence-electron chi connectivity index (χ0n) is 10.8. The summed E-state index contributed by atoms with van der Waals surface area (Å²) in [5.74, 6) is 0.219. The lowest BCUT2D eigenvalue weighted by Gasteiger charge is -2.12. The molecule has 1 heterocycles. The van der Waals surface area contributed by atoms with Crippen molar-refractivity contribution in [3.05, 3.63) is 44.9 Å². The number of halogens is 2. The van der Waals surface area contributed by atoms with Crippen molar-refractivity contribution in [3.8, 4) is 11.3 Å². The molecule has 7 heteroatoms. The highest BCUT2D eigenvalue weighted by Gasteiger charge is 2.23. The molecule has 0 spiro atoms. The summed E-state index contributed by atoms with van der Waals surface area (Å²) in [5, 5.41) is -0.524. The third-order valence-corrected chi connectivity index (χ3v) is 5.99. The highest BCUT2D eigenvalue weighted by atomic mass is 127. The van der Waals surface area contributed by atoms with E-state index >= 15 is 0 Å². The third kappa shape index (κ3) is 3.29. The number of hydrogen-bond acceptors (Lipinski definition) is 4. The van der Waals surface area contributed by atoms with E-state index in [0.29, 0.717) is 9.26 Å². The molecule has 0 N–H and O–H groups in total. The number of rotatable bonds is 3. The topological polar surface area (TPSA) is 59.9 Å². The largest absolute Gasteiger partial charge is 0.230 e. The van der Waals surface area contributed by atoms with Gasteiger partial charge in [0.25, 0.3) is 0 Å². The van der Waals surface area contributed by atoms with Gasteiger partial charge in [-0.25, -0.2) is 18.4 Å². The summed E-state index contributed by atoms with van der Waals surface area (Å²) < 4.78 is 24.0. The molecular formula is C13H12ClIN2O2S. The van der Waals surface area contributed by atoms with Crippen molar-refractivity contribution in [1.29, 1.82) is 0 Å². The van der Waals surface area contributed by atoms with Gasteiger partial charge in [0.1, 0.15) is 16.2 Å². The molecule has 0 aliphatic carbocycles. The van der Waals surface area contributed by atoms with E-state index in [1.807, 2.05) is 30.3 Å². The second kappa shape index (κ2) is 5.95. The Labute approximate surface area is 136 Å². The molecule has 0 saturated heterocycles. The Bertz CT molecular complexity index is 736. The molecule has 0 aliphatic rings.